The minimum Gasteiger partial charge on any atom is -0.282 e. The third-order valence-electron chi connectivity index (χ3n) is 6.35. The van der Waals surface area contributed by atoms with Gasteiger partial charge in [0.1, 0.15) is 4.90 Å². The van der Waals surface area contributed by atoms with E-state index in [2.05, 4.69) is 6.92 Å². The second kappa shape index (κ2) is 9.12. The third-order valence-corrected chi connectivity index (χ3v) is 7.47. The number of aromatic nitrogens is 2. The highest BCUT2D eigenvalue weighted by Crippen LogP contribution is 2.34. The summed E-state index contributed by atoms with van der Waals surface area (Å²) in [7, 11) is -4.49. The summed E-state index contributed by atoms with van der Waals surface area (Å²) in [5.74, 6) is -0.365. The predicted octanol–water partition coefficient (Wildman–Crippen LogP) is 4.92. The molecule has 8 heteroatoms. The van der Waals surface area contributed by atoms with Crippen molar-refractivity contribution >= 4 is 27.1 Å². The van der Waals surface area contributed by atoms with E-state index >= 15 is 0 Å². The topological polar surface area (TPSA) is 97.8 Å². The van der Waals surface area contributed by atoms with Gasteiger partial charge >= 0.3 is 5.69 Å². The zero-order chi connectivity index (χ0) is 22.9. The zero-order valence-electron chi connectivity index (χ0n) is 18.8. The Morgan fingerprint density at radius 2 is 1.52 bits per heavy atom. The molecule has 0 saturated heterocycles. The van der Waals surface area contributed by atoms with Crippen LogP contribution in [0.5, 0.6) is 0 Å². The van der Waals surface area contributed by atoms with Gasteiger partial charge in [0.2, 0.25) is 0 Å². The van der Waals surface area contributed by atoms with Crippen LogP contribution in [0, 0.1) is 13.8 Å². The fraction of sp³-hybridized carbons (Fsp3) is 0.565. The molecule has 3 heterocycles. The van der Waals surface area contributed by atoms with Gasteiger partial charge in [0.15, 0.2) is 0 Å². The number of carbonyl (C=O) groups excluding carboxylic acids is 1. The zero-order valence-corrected chi connectivity index (χ0v) is 19.6. The molecule has 170 valence electrons. The molecular formula is C23H32N2O5S. The van der Waals surface area contributed by atoms with Crippen molar-refractivity contribution in [3.63, 3.8) is 0 Å². The van der Waals surface area contributed by atoms with Crippen molar-refractivity contribution in [2.45, 2.75) is 90.4 Å². The highest BCUT2D eigenvalue weighted by atomic mass is 32.2. The lowest BCUT2D eigenvalue weighted by atomic mass is 10.00. The summed E-state index contributed by atoms with van der Waals surface area (Å²) in [5.41, 5.74) is 2.17. The summed E-state index contributed by atoms with van der Waals surface area (Å²) in [5, 5.41) is 0. The molecule has 1 aliphatic rings. The average Bonchev–Trinajstić information content (AvgIpc) is 3.09. The highest BCUT2D eigenvalue weighted by Gasteiger charge is 2.31. The SMILES string of the molecule is CCCCCCCCCCC1=C(C)C(=O)n2c1cc1c(C)c(S(=O)(=O)O)c(C)n1c2=O. The highest BCUT2D eigenvalue weighted by molar-refractivity contribution is 7.86. The summed E-state index contributed by atoms with van der Waals surface area (Å²) in [6.07, 6.45) is 10.1. The molecule has 3 rings (SSSR count). The monoisotopic (exact) mass is 448 g/mol. The smallest absolute Gasteiger partial charge is 0.282 e. The number of hydrogen-bond acceptors (Lipinski definition) is 4. The van der Waals surface area contributed by atoms with E-state index < -0.39 is 15.8 Å². The second-order valence-corrected chi connectivity index (χ2v) is 9.87. The van der Waals surface area contributed by atoms with Crippen LogP contribution in [0.1, 0.15) is 93.4 Å². The number of hydrogen-bond donors (Lipinski definition) is 1. The van der Waals surface area contributed by atoms with E-state index in [-0.39, 0.29) is 16.5 Å². The summed E-state index contributed by atoms with van der Waals surface area (Å²) in [6, 6.07) is 1.70. The van der Waals surface area contributed by atoms with Crippen molar-refractivity contribution in [2.75, 3.05) is 0 Å². The van der Waals surface area contributed by atoms with Crippen molar-refractivity contribution < 1.29 is 17.8 Å². The molecule has 0 saturated carbocycles. The normalized spacial score (nSPS) is 14.2. The van der Waals surface area contributed by atoms with Gasteiger partial charge in [-0.05, 0) is 50.8 Å². The summed E-state index contributed by atoms with van der Waals surface area (Å²) in [6.45, 7) is 6.97. The molecule has 2 aromatic heterocycles. The van der Waals surface area contributed by atoms with E-state index in [1.165, 1.54) is 43.4 Å². The van der Waals surface area contributed by atoms with Crippen LogP contribution in [0.15, 0.2) is 21.3 Å². The molecule has 31 heavy (non-hydrogen) atoms. The molecule has 0 bridgehead atoms. The van der Waals surface area contributed by atoms with Crippen molar-refractivity contribution in [1.82, 2.24) is 8.97 Å². The Morgan fingerprint density at radius 1 is 0.935 bits per heavy atom. The largest absolute Gasteiger partial charge is 0.340 e. The Bertz CT molecular complexity index is 1220. The Morgan fingerprint density at radius 3 is 2.10 bits per heavy atom. The van der Waals surface area contributed by atoms with Crippen LogP contribution in [-0.2, 0) is 10.1 Å². The number of fused-ring (bicyclic) bond motifs is 2. The quantitative estimate of drug-likeness (QED) is 0.411. The van der Waals surface area contributed by atoms with E-state index in [0.29, 0.717) is 28.8 Å². The molecule has 0 unspecified atom stereocenters. The van der Waals surface area contributed by atoms with Gasteiger partial charge in [-0.15, -0.1) is 0 Å². The number of rotatable bonds is 10. The first-order valence-corrected chi connectivity index (χ1v) is 12.5. The van der Waals surface area contributed by atoms with Crippen molar-refractivity contribution in [1.29, 1.82) is 0 Å². The molecule has 1 N–H and O–H groups in total. The van der Waals surface area contributed by atoms with E-state index in [1.807, 2.05) is 0 Å². The van der Waals surface area contributed by atoms with Crippen LogP contribution in [0.2, 0.25) is 0 Å². The van der Waals surface area contributed by atoms with Crippen LogP contribution < -0.4 is 5.69 Å². The number of nitrogens with zero attached hydrogens (tertiary/aromatic N) is 2. The molecule has 0 spiro atoms. The van der Waals surface area contributed by atoms with Crippen LogP contribution in [0.25, 0.3) is 11.1 Å². The fourth-order valence-corrected chi connectivity index (χ4v) is 5.65. The molecule has 0 fully saturated rings. The standard InChI is InChI=1S/C23H32N2O5S/c1-5-6-7-8-9-10-11-12-13-18-15(2)22(26)25-20(18)14-19-16(3)21(31(28,29)30)17(4)24(19)23(25)27/h14H,5-13H2,1-4H3,(H,28,29,30). The third kappa shape index (κ3) is 4.28. The van der Waals surface area contributed by atoms with Crippen molar-refractivity contribution in [3.8, 4) is 0 Å². The first-order valence-electron chi connectivity index (χ1n) is 11.1. The minimum atomic E-state index is -4.49. The maximum Gasteiger partial charge on any atom is 0.340 e. The number of allylic oxidation sites excluding steroid dienone is 2. The molecule has 0 aliphatic carbocycles. The second-order valence-electron chi connectivity index (χ2n) is 8.52. The summed E-state index contributed by atoms with van der Waals surface area (Å²) in [4.78, 5) is 25.7. The molecule has 0 amide bonds. The van der Waals surface area contributed by atoms with Gasteiger partial charge in [0.05, 0.1) is 11.2 Å². The Balaban J connectivity index is 1.89. The van der Waals surface area contributed by atoms with Crippen molar-refractivity contribution in [2.24, 2.45) is 0 Å². The van der Waals surface area contributed by atoms with Gasteiger partial charge in [-0.1, -0.05) is 51.9 Å². The summed E-state index contributed by atoms with van der Waals surface area (Å²) < 4.78 is 35.6. The molecule has 7 nitrogen and oxygen atoms in total. The molecule has 0 atom stereocenters. The molecule has 0 aromatic carbocycles. The van der Waals surface area contributed by atoms with Gasteiger partial charge in [0.25, 0.3) is 16.0 Å². The van der Waals surface area contributed by atoms with Gasteiger partial charge in [-0.25, -0.2) is 9.36 Å². The number of carbonyl (C=O) groups is 1. The fourth-order valence-electron chi connectivity index (χ4n) is 4.69. The summed E-state index contributed by atoms with van der Waals surface area (Å²) >= 11 is 0. The van der Waals surface area contributed by atoms with Crippen molar-refractivity contribution in [3.05, 3.63) is 39.1 Å². The van der Waals surface area contributed by atoms with Gasteiger partial charge in [-0.2, -0.15) is 8.42 Å². The number of unbranched alkanes of at least 4 members (excludes halogenated alkanes) is 7. The van der Waals surface area contributed by atoms with E-state index in [1.54, 1.807) is 19.9 Å². The Kier molecular flexibility index (Phi) is 6.91. The van der Waals surface area contributed by atoms with Gasteiger partial charge in [-0.3, -0.25) is 13.7 Å². The molecule has 2 aromatic rings. The van der Waals surface area contributed by atoms with E-state index in [4.69, 9.17) is 0 Å². The predicted molar refractivity (Wildman–Crippen MR) is 121 cm³/mol. The van der Waals surface area contributed by atoms with Crippen LogP contribution in [-0.4, -0.2) is 27.8 Å². The Labute approximate surface area is 183 Å². The van der Waals surface area contributed by atoms with Crippen LogP contribution >= 0.6 is 0 Å². The van der Waals surface area contributed by atoms with Crippen LogP contribution in [0.3, 0.4) is 0 Å². The maximum absolute atomic E-state index is 13.1. The first-order chi connectivity index (χ1) is 14.6. The molecule has 0 radical (unpaired) electrons. The average molecular weight is 449 g/mol. The van der Waals surface area contributed by atoms with E-state index in [9.17, 15) is 22.6 Å². The lowest BCUT2D eigenvalue weighted by Crippen LogP contribution is -2.31. The maximum atomic E-state index is 13.1. The first kappa shape index (κ1) is 23.5. The van der Waals surface area contributed by atoms with Gasteiger partial charge < -0.3 is 0 Å². The lowest BCUT2D eigenvalue weighted by Gasteiger charge is -2.09. The molecule has 1 aliphatic heterocycles. The molecular weight excluding hydrogens is 416 g/mol. The number of aryl methyl sites for hydroxylation is 2. The Hall–Kier alpha value is -2.19. The lowest BCUT2D eigenvalue weighted by molar-refractivity contribution is 0.0955. The van der Waals surface area contributed by atoms with Gasteiger partial charge in [0, 0.05) is 11.3 Å². The minimum absolute atomic E-state index is 0.109. The van der Waals surface area contributed by atoms with E-state index in [0.717, 1.165) is 29.4 Å². The van der Waals surface area contributed by atoms with Crippen LogP contribution in [0.4, 0.5) is 0 Å².